The summed E-state index contributed by atoms with van der Waals surface area (Å²) < 4.78 is 27.6. The highest BCUT2D eigenvalue weighted by molar-refractivity contribution is 7.85. The van der Waals surface area contributed by atoms with E-state index in [0.717, 1.165) is 0 Å². The molecule has 1 N–H and O–H groups in total. The predicted molar refractivity (Wildman–Crippen MR) is 37.8 cm³/mol. The summed E-state index contributed by atoms with van der Waals surface area (Å²) in [4.78, 5) is 0. The summed E-state index contributed by atoms with van der Waals surface area (Å²) in [5.41, 5.74) is 0. The van der Waals surface area contributed by atoms with Crippen LogP contribution in [-0.4, -0.2) is 18.7 Å². The summed E-state index contributed by atoms with van der Waals surface area (Å²) in [5, 5.41) is 0. The van der Waals surface area contributed by atoms with Gasteiger partial charge in [0.2, 0.25) is 0 Å². The van der Waals surface area contributed by atoms with Crippen LogP contribution in [0.5, 0.6) is 0 Å². The van der Waals surface area contributed by atoms with E-state index in [-0.39, 0.29) is 15.7 Å². The van der Waals surface area contributed by atoms with E-state index in [1.165, 1.54) is 0 Å². The molecule has 0 saturated heterocycles. The summed E-state index contributed by atoms with van der Waals surface area (Å²) in [7, 11) is -3.67. The van der Waals surface area contributed by atoms with Gasteiger partial charge in [0.25, 0.3) is 10.1 Å². The van der Waals surface area contributed by atoms with Crippen molar-refractivity contribution in [3.8, 4) is 0 Å². The molecule has 0 aliphatic carbocycles. The van der Waals surface area contributed by atoms with Crippen molar-refractivity contribution in [1.82, 2.24) is 0 Å². The Morgan fingerprint density at radius 3 is 1.88 bits per heavy atom. The summed E-state index contributed by atoms with van der Waals surface area (Å²) in [5.74, 6) is -0.132. The highest BCUT2D eigenvalue weighted by Crippen LogP contribution is 1.83. The molecule has 1 atom stereocenters. The molecule has 1 unspecified atom stereocenters. The van der Waals surface area contributed by atoms with Gasteiger partial charge in [0.15, 0.2) is 0 Å². The van der Waals surface area contributed by atoms with Crippen LogP contribution in [0, 0.1) is 0 Å². The van der Waals surface area contributed by atoms with Crippen molar-refractivity contribution in [2.75, 3.05) is 5.75 Å². The van der Waals surface area contributed by atoms with Gasteiger partial charge in [-0.05, 0) is 6.42 Å². The van der Waals surface area contributed by atoms with Gasteiger partial charge in [-0.25, -0.2) is 0 Å². The van der Waals surface area contributed by atoms with Crippen LogP contribution in [0.1, 0.15) is 13.3 Å². The fourth-order valence-electron chi connectivity index (χ4n) is 0.258. The molecule has 0 rings (SSSR count). The van der Waals surface area contributed by atoms with Crippen LogP contribution in [0.4, 0.5) is 0 Å². The lowest BCUT2D eigenvalue weighted by molar-refractivity contribution is 0.482. The smallest absolute Gasteiger partial charge is 0.264 e. The Kier molecular flexibility index (Phi) is 5.93. The third-order valence-corrected chi connectivity index (χ3v) is 1.39. The SMILES string of the molecule is CCCS(=O)(=O)O.P. The zero-order valence-corrected chi connectivity index (χ0v) is 7.02. The first-order valence-corrected chi connectivity index (χ1v) is 3.62. The molecule has 52 valence electrons. The van der Waals surface area contributed by atoms with Crippen LogP contribution in [0.15, 0.2) is 0 Å². The molecule has 5 heteroatoms. The van der Waals surface area contributed by atoms with E-state index in [1.807, 2.05) is 0 Å². The molecule has 0 heterocycles. The molecule has 0 fully saturated rings. The van der Waals surface area contributed by atoms with Crippen LogP contribution < -0.4 is 0 Å². The van der Waals surface area contributed by atoms with Crippen molar-refractivity contribution in [2.24, 2.45) is 0 Å². The highest BCUT2D eigenvalue weighted by Gasteiger charge is 1.98. The average molecular weight is 158 g/mol. The Morgan fingerprint density at radius 1 is 1.50 bits per heavy atom. The molecular formula is C3H11O3PS. The maximum atomic E-state index is 9.79. The van der Waals surface area contributed by atoms with E-state index in [2.05, 4.69) is 0 Å². The van der Waals surface area contributed by atoms with Gasteiger partial charge in [-0.1, -0.05) is 6.92 Å². The number of rotatable bonds is 2. The zero-order valence-electron chi connectivity index (χ0n) is 4.79. The Morgan fingerprint density at radius 2 is 1.88 bits per heavy atom. The minimum atomic E-state index is -3.67. The Labute approximate surface area is 52.8 Å². The van der Waals surface area contributed by atoms with Crippen LogP contribution in [0.2, 0.25) is 0 Å². The first kappa shape index (κ1) is 11.2. The van der Waals surface area contributed by atoms with E-state index in [4.69, 9.17) is 4.55 Å². The minimum Gasteiger partial charge on any atom is -0.286 e. The second-order valence-corrected chi connectivity index (χ2v) is 2.86. The first-order chi connectivity index (χ1) is 3.06. The maximum absolute atomic E-state index is 9.79. The van der Waals surface area contributed by atoms with Gasteiger partial charge >= 0.3 is 0 Å². The molecule has 0 radical (unpaired) electrons. The lowest BCUT2D eigenvalue weighted by atomic mass is 10.6. The molecule has 0 aromatic heterocycles. The Hall–Kier alpha value is 0.340. The van der Waals surface area contributed by atoms with E-state index in [0.29, 0.717) is 6.42 Å². The van der Waals surface area contributed by atoms with Gasteiger partial charge in [0.05, 0.1) is 5.75 Å². The second kappa shape index (κ2) is 4.24. The molecule has 0 bridgehead atoms. The normalized spacial score (nSPS) is 10.2. The monoisotopic (exact) mass is 158 g/mol. The van der Waals surface area contributed by atoms with E-state index >= 15 is 0 Å². The van der Waals surface area contributed by atoms with Crippen molar-refractivity contribution in [3.05, 3.63) is 0 Å². The van der Waals surface area contributed by atoms with Crippen molar-refractivity contribution >= 4 is 20.0 Å². The third kappa shape index (κ3) is 9.60. The number of hydrogen-bond acceptors (Lipinski definition) is 2. The molecular weight excluding hydrogens is 147 g/mol. The van der Waals surface area contributed by atoms with Gasteiger partial charge in [0.1, 0.15) is 0 Å². The average Bonchev–Trinajstić information content (AvgIpc) is 1.30. The van der Waals surface area contributed by atoms with Gasteiger partial charge in [-0.2, -0.15) is 18.3 Å². The quantitative estimate of drug-likeness (QED) is 0.465. The molecule has 0 aromatic rings. The Balaban J connectivity index is 0. The van der Waals surface area contributed by atoms with E-state index in [1.54, 1.807) is 6.92 Å². The molecule has 0 aliphatic heterocycles. The molecule has 0 spiro atoms. The van der Waals surface area contributed by atoms with E-state index in [9.17, 15) is 8.42 Å². The lowest BCUT2D eigenvalue weighted by Crippen LogP contribution is -2.01. The first-order valence-electron chi connectivity index (χ1n) is 2.01. The summed E-state index contributed by atoms with van der Waals surface area (Å²) in [6.45, 7) is 1.69. The van der Waals surface area contributed by atoms with Crippen molar-refractivity contribution in [1.29, 1.82) is 0 Å². The summed E-state index contributed by atoms with van der Waals surface area (Å²) in [6.07, 6.45) is 0.471. The lowest BCUT2D eigenvalue weighted by Gasteiger charge is -1.85. The topological polar surface area (TPSA) is 54.4 Å². The second-order valence-electron chi connectivity index (χ2n) is 1.29. The standard InChI is InChI=1S/C3H8O3S.H3P/c1-2-3-7(4,5)6;/h2-3H2,1H3,(H,4,5,6);1H3. The highest BCUT2D eigenvalue weighted by atomic mass is 32.2. The molecule has 0 aliphatic rings. The van der Waals surface area contributed by atoms with Crippen LogP contribution >= 0.6 is 9.90 Å². The molecule has 3 nitrogen and oxygen atoms in total. The fourth-order valence-corrected chi connectivity index (χ4v) is 0.774. The third-order valence-electron chi connectivity index (χ3n) is 0.462. The fraction of sp³-hybridized carbons (Fsp3) is 1.00. The molecule has 0 amide bonds. The van der Waals surface area contributed by atoms with Gasteiger partial charge in [-0.15, -0.1) is 0 Å². The minimum absolute atomic E-state index is 0. The van der Waals surface area contributed by atoms with Crippen molar-refractivity contribution < 1.29 is 13.0 Å². The largest absolute Gasteiger partial charge is 0.286 e. The maximum Gasteiger partial charge on any atom is 0.264 e. The van der Waals surface area contributed by atoms with Gasteiger partial charge in [-0.3, -0.25) is 4.55 Å². The predicted octanol–water partition coefficient (Wildman–Crippen LogP) is 0.342. The van der Waals surface area contributed by atoms with Crippen molar-refractivity contribution in [3.63, 3.8) is 0 Å². The number of hydrogen-bond donors (Lipinski definition) is 1. The van der Waals surface area contributed by atoms with Crippen LogP contribution in [0.25, 0.3) is 0 Å². The van der Waals surface area contributed by atoms with Gasteiger partial charge in [0, 0.05) is 0 Å². The van der Waals surface area contributed by atoms with E-state index < -0.39 is 10.1 Å². The molecule has 0 saturated carbocycles. The van der Waals surface area contributed by atoms with Crippen LogP contribution in [-0.2, 0) is 10.1 Å². The van der Waals surface area contributed by atoms with Crippen LogP contribution in [0.3, 0.4) is 0 Å². The summed E-state index contributed by atoms with van der Waals surface area (Å²) in [6, 6.07) is 0. The Bertz CT molecular complexity index is 127. The molecule has 0 aromatic carbocycles. The molecule has 8 heavy (non-hydrogen) atoms. The zero-order chi connectivity index (χ0) is 5.91. The van der Waals surface area contributed by atoms with Gasteiger partial charge < -0.3 is 0 Å². The summed E-state index contributed by atoms with van der Waals surface area (Å²) >= 11 is 0. The van der Waals surface area contributed by atoms with Crippen molar-refractivity contribution in [2.45, 2.75) is 13.3 Å².